The summed E-state index contributed by atoms with van der Waals surface area (Å²) in [5.41, 5.74) is 3.80. The summed E-state index contributed by atoms with van der Waals surface area (Å²) >= 11 is 0. The lowest BCUT2D eigenvalue weighted by molar-refractivity contribution is -0.384. The fourth-order valence-electron chi connectivity index (χ4n) is 4.11. The van der Waals surface area contributed by atoms with Gasteiger partial charge < -0.3 is 15.6 Å². The summed E-state index contributed by atoms with van der Waals surface area (Å²) in [6.07, 6.45) is 3.94. The van der Waals surface area contributed by atoms with Crippen LogP contribution in [0, 0.1) is 10.1 Å². The number of aromatic amines is 1. The van der Waals surface area contributed by atoms with Gasteiger partial charge in [-0.2, -0.15) is 0 Å². The summed E-state index contributed by atoms with van der Waals surface area (Å²) in [5, 5.41) is 17.9. The fourth-order valence-corrected chi connectivity index (χ4v) is 4.11. The summed E-state index contributed by atoms with van der Waals surface area (Å²) in [6, 6.07) is 21.0. The monoisotopic (exact) mass is 510 g/mol. The molecule has 2 amide bonds. The second-order valence-electron chi connectivity index (χ2n) is 10.1. The predicted octanol–water partition coefficient (Wildman–Crippen LogP) is 5.50. The van der Waals surface area contributed by atoms with Crippen molar-refractivity contribution >= 4 is 34.5 Å². The Morgan fingerprint density at radius 2 is 1.74 bits per heavy atom. The molecule has 3 aromatic carbocycles. The maximum Gasteiger partial charge on any atom is 0.270 e. The summed E-state index contributed by atoms with van der Waals surface area (Å²) < 4.78 is 0. The normalized spacial score (nSPS) is 11.8. The number of nitro groups is 1. The van der Waals surface area contributed by atoms with Crippen molar-refractivity contribution in [3.05, 3.63) is 117 Å². The van der Waals surface area contributed by atoms with Crippen LogP contribution in [0.1, 0.15) is 47.8 Å². The van der Waals surface area contributed by atoms with Gasteiger partial charge in [0.05, 0.1) is 4.92 Å². The Hall–Kier alpha value is -4.72. The lowest BCUT2D eigenvalue weighted by atomic mass is 9.87. The van der Waals surface area contributed by atoms with Gasteiger partial charge in [-0.15, -0.1) is 0 Å². The van der Waals surface area contributed by atoms with Gasteiger partial charge in [-0.05, 0) is 52.8 Å². The molecule has 0 unspecified atom stereocenters. The van der Waals surface area contributed by atoms with Crippen molar-refractivity contribution in [3.63, 3.8) is 0 Å². The molecule has 1 heterocycles. The van der Waals surface area contributed by atoms with Crippen molar-refractivity contribution in [1.29, 1.82) is 0 Å². The van der Waals surface area contributed by atoms with Crippen molar-refractivity contribution in [3.8, 4) is 0 Å². The van der Waals surface area contributed by atoms with E-state index in [0.29, 0.717) is 24.1 Å². The maximum atomic E-state index is 13.2. The molecule has 0 spiro atoms. The van der Waals surface area contributed by atoms with Crippen LogP contribution in [0.15, 0.2) is 84.7 Å². The third kappa shape index (κ3) is 6.34. The second kappa shape index (κ2) is 11.1. The van der Waals surface area contributed by atoms with E-state index in [0.717, 1.165) is 22.0 Å². The quantitative estimate of drug-likeness (QED) is 0.165. The smallest absolute Gasteiger partial charge is 0.270 e. The average molecular weight is 511 g/mol. The van der Waals surface area contributed by atoms with Gasteiger partial charge in [-0.1, -0.05) is 63.2 Å². The molecule has 0 aliphatic heterocycles. The van der Waals surface area contributed by atoms with E-state index in [-0.39, 0.29) is 16.8 Å². The van der Waals surface area contributed by atoms with Crippen LogP contribution >= 0.6 is 0 Å². The van der Waals surface area contributed by atoms with E-state index in [1.54, 1.807) is 18.2 Å². The molecule has 0 saturated heterocycles. The second-order valence-corrected chi connectivity index (χ2v) is 10.1. The predicted molar refractivity (Wildman–Crippen MR) is 149 cm³/mol. The number of H-pyrrole nitrogens is 1. The van der Waals surface area contributed by atoms with Crippen LogP contribution in [0.4, 0.5) is 5.69 Å². The molecular formula is C30H30N4O4. The Bertz CT molecular complexity index is 1510. The topological polar surface area (TPSA) is 117 Å². The molecule has 4 rings (SSSR count). The molecule has 0 aliphatic carbocycles. The molecule has 0 atom stereocenters. The molecule has 0 bridgehead atoms. The molecule has 38 heavy (non-hydrogen) atoms. The first-order valence-electron chi connectivity index (χ1n) is 12.3. The van der Waals surface area contributed by atoms with E-state index in [1.165, 1.54) is 24.3 Å². The third-order valence-electron chi connectivity index (χ3n) is 6.25. The van der Waals surface area contributed by atoms with E-state index >= 15 is 0 Å². The van der Waals surface area contributed by atoms with Crippen molar-refractivity contribution in [2.24, 2.45) is 0 Å². The zero-order valence-electron chi connectivity index (χ0n) is 21.6. The number of non-ortho nitro benzene ring substituents is 1. The highest BCUT2D eigenvalue weighted by Crippen LogP contribution is 2.22. The van der Waals surface area contributed by atoms with Gasteiger partial charge in [-0.3, -0.25) is 19.7 Å². The van der Waals surface area contributed by atoms with Crippen LogP contribution in [-0.4, -0.2) is 28.3 Å². The van der Waals surface area contributed by atoms with Crippen molar-refractivity contribution in [2.45, 2.75) is 32.6 Å². The number of nitro benzene ring substituents is 1. The molecule has 0 fully saturated rings. The maximum absolute atomic E-state index is 13.2. The Labute approximate surface area is 220 Å². The number of amides is 2. The van der Waals surface area contributed by atoms with E-state index in [2.05, 4.69) is 36.4 Å². The lowest BCUT2D eigenvalue weighted by Crippen LogP contribution is -2.35. The number of hydrogen-bond acceptors (Lipinski definition) is 4. The van der Waals surface area contributed by atoms with Gasteiger partial charge in [0.2, 0.25) is 0 Å². The first-order valence-corrected chi connectivity index (χ1v) is 12.3. The van der Waals surface area contributed by atoms with Gasteiger partial charge in [0, 0.05) is 41.3 Å². The summed E-state index contributed by atoms with van der Waals surface area (Å²) in [5.74, 6) is -0.940. The minimum Gasteiger partial charge on any atom is -0.361 e. The Morgan fingerprint density at radius 1 is 1.00 bits per heavy atom. The Morgan fingerprint density at radius 3 is 2.45 bits per heavy atom. The van der Waals surface area contributed by atoms with Crippen molar-refractivity contribution in [2.75, 3.05) is 6.54 Å². The Kier molecular flexibility index (Phi) is 7.71. The zero-order valence-corrected chi connectivity index (χ0v) is 21.6. The summed E-state index contributed by atoms with van der Waals surface area (Å²) in [7, 11) is 0. The van der Waals surface area contributed by atoms with Crippen LogP contribution in [0.25, 0.3) is 17.0 Å². The molecule has 3 N–H and O–H groups in total. The number of carbonyl (C=O) groups excluding carboxylic acids is 2. The molecule has 8 nitrogen and oxygen atoms in total. The molecule has 0 saturated carbocycles. The third-order valence-corrected chi connectivity index (χ3v) is 6.25. The average Bonchev–Trinajstić information content (AvgIpc) is 3.31. The number of para-hydroxylation sites is 1. The molecule has 4 aromatic rings. The fraction of sp³-hybridized carbons (Fsp3) is 0.200. The highest BCUT2D eigenvalue weighted by molar-refractivity contribution is 6.05. The molecule has 1 aromatic heterocycles. The SMILES string of the molecule is CC(C)(C)c1ccc(C(=O)NC(=Cc2cccc([N+](=O)[O-])c2)C(=O)NCCc2c[nH]c3ccccc23)cc1. The van der Waals surface area contributed by atoms with Crippen molar-refractivity contribution < 1.29 is 14.5 Å². The summed E-state index contributed by atoms with van der Waals surface area (Å²) in [6.45, 7) is 6.59. The number of hydrogen-bond donors (Lipinski definition) is 3. The van der Waals surface area contributed by atoms with Crippen LogP contribution in [0.2, 0.25) is 0 Å². The van der Waals surface area contributed by atoms with Gasteiger partial charge in [0.1, 0.15) is 5.70 Å². The highest BCUT2D eigenvalue weighted by atomic mass is 16.6. The number of benzene rings is 3. The first-order chi connectivity index (χ1) is 18.1. The minimum absolute atomic E-state index is 0.00526. The lowest BCUT2D eigenvalue weighted by Gasteiger charge is -2.19. The number of rotatable bonds is 8. The standard InChI is InChI=1S/C30H30N4O4/c1-30(2,3)23-13-11-21(12-14-23)28(35)33-27(18-20-7-6-8-24(17-20)34(37)38)29(36)31-16-15-22-19-32-26-10-5-4-9-25(22)26/h4-14,17-19,32H,15-16H2,1-3H3,(H,31,36)(H,33,35). The number of aromatic nitrogens is 1. The van der Waals surface area contributed by atoms with E-state index < -0.39 is 16.7 Å². The molecule has 0 radical (unpaired) electrons. The van der Waals surface area contributed by atoms with Gasteiger partial charge >= 0.3 is 0 Å². The van der Waals surface area contributed by atoms with Gasteiger partial charge in [0.15, 0.2) is 0 Å². The number of nitrogens with zero attached hydrogens (tertiary/aromatic N) is 1. The zero-order chi connectivity index (χ0) is 27.3. The molecular weight excluding hydrogens is 480 g/mol. The molecule has 0 aliphatic rings. The van der Waals surface area contributed by atoms with Crippen LogP contribution in [0.5, 0.6) is 0 Å². The van der Waals surface area contributed by atoms with Crippen LogP contribution in [-0.2, 0) is 16.6 Å². The minimum atomic E-state index is -0.506. The van der Waals surface area contributed by atoms with E-state index in [9.17, 15) is 19.7 Å². The highest BCUT2D eigenvalue weighted by Gasteiger charge is 2.18. The van der Waals surface area contributed by atoms with Gasteiger partial charge in [0.25, 0.3) is 17.5 Å². The van der Waals surface area contributed by atoms with Crippen LogP contribution < -0.4 is 10.6 Å². The molecule has 194 valence electrons. The van der Waals surface area contributed by atoms with Crippen molar-refractivity contribution in [1.82, 2.24) is 15.6 Å². The van der Waals surface area contributed by atoms with Crippen LogP contribution in [0.3, 0.4) is 0 Å². The largest absolute Gasteiger partial charge is 0.361 e. The molecule has 8 heteroatoms. The Balaban J connectivity index is 1.53. The first kappa shape index (κ1) is 26.3. The number of carbonyl (C=O) groups is 2. The summed E-state index contributed by atoms with van der Waals surface area (Å²) in [4.78, 5) is 40.1. The van der Waals surface area contributed by atoms with Gasteiger partial charge in [-0.25, -0.2) is 0 Å². The van der Waals surface area contributed by atoms with E-state index in [1.807, 2.05) is 42.6 Å². The van der Waals surface area contributed by atoms with E-state index in [4.69, 9.17) is 0 Å². The number of nitrogens with one attached hydrogen (secondary N) is 3. The number of fused-ring (bicyclic) bond motifs is 1.